The van der Waals surface area contributed by atoms with E-state index < -0.39 is 17.9 Å². The number of carbonyl (C=O) groups is 2. The molecular formula is C24H24N2O2. The van der Waals surface area contributed by atoms with E-state index in [2.05, 4.69) is 10.6 Å². The number of carbonyl (C=O) groups excluding carboxylic acids is 2. The molecule has 0 aliphatic carbocycles. The Morgan fingerprint density at radius 2 is 1.18 bits per heavy atom. The van der Waals surface area contributed by atoms with Crippen LogP contribution < -0.4 is 10.6 Å². The van der Waals surface area contributed by atoms with Gasteiger partial charge in [-0.25, -0.2) is 0 Å². The fraction of sp³-hybridized carbons (Fsp3) is 0.167. The topological polar surface area (TPSA) is 58.2 Å². The Morgan fingerprint density at radius 1 is 0.679 bits per heavy atom. The van der Waals surface area contributed by atoms with Gasteiger partial charge in [0.15, 0.2) is 0 Å². The third-order valence-corrected chi connectivity index (χ3v) is 4.58. The molecule has 0 unspecified atom stereocenters. The minimum Gasteiger partial charge on any atom is -0.337 e. The molecule has 0 saturated heterocycles. The van der Waals surface area contributed by atoms with E-state index >= 15 is 0 Å². The van der Waals surface area contributed by atoms with Crippen molar-refractivity contribution in [2.45, 2.75) is 25.8 Å². The minimum atomic E-state index is -0.676. The Kier molecular flexibility index (Phi) is 6.22. The molecule has 0 bridgehead atoms. The van der Waals surface area contributed by atoms with E-state index in [0.29, 0.717) is 5.69 Å². The number of benzene rings is 3. The van der Waals surface area contributed by atoms with Gasteiger partial charge in [-0.3, -0.25) is 9.59 Å². The van der Waals surface area contributed by atoms with Crippen LogP contribution in [0.2, 0.25) is 0 Å². The SMILES string of the molecule is CC(C)c1ccccc1NC(=O)C(=O)NC(c1ccccc1)c1ccccc1. The Morgan fingerprint density at radius 3 is 1.71 bits per heavy atom. The van der Waals surface area contributed by atoms with Crippen LogP contribution in [-0.4, -0.2) is 11.8 Å². The van der Waals surface area contributed by atoms with Crippen LogP contribution in [0.15, 0.2) is 84.9 Å². The lowest BCUT2D eigenvalue weighted by atomic mass is 9.98. The molecule has 0 aliphatic rings. The molecule has 0 spiro atoms. The van der Waals surface area contributed by atoms with E-state index in [9.17, 15) is 9.59 Å². The van der Waals surface area contributed by atoms with Crippen LogP contribution in [0.3, 0.4) is 0 Å². The van der Waals surface area contributed by atoms with Crippen molar-refractivity contribution in [3.63, 3.8) is 0 Å². The van der Waals surface area contributed by atoms with Crippen molar-refractivity contribution >= 4 is 17.5 Å². The maximum atomic E-state index is 12.7. The van der Waals surface area contributed by atoms with Crippen LogP contribution in [0.25, 0.3) is 0 Å². The molecule has 142 valence electrons. The third-order valence-electron chi connectivity index (χ3n) is 4.58. The number of para-hydroxylation sites is 1. The summed E-state index contributed by atoms with van der Waals surface area (Å²) in [6.45, 7) is 4.10. The summed E-state index contributed by atoms with van der Waals surface area (Å²) in [5, 5.41) is 5.62. The molecule has 0 aromatic heterocycles. The molecule has 0 radical (unpaired) electrons. The lowest BCUT2D eigenvalue weighted by Gasteiger charge is -2.20. The number of hydrogen-bond acceptors (Lipinski definition) is 2. The van der Waals surface area contributed by atoms with Crippen LogP contribution in [0.1, 0.15) is 42.5 Å². The van der Waals surface area contributed by atoms with Crippen LogP contribution in [0.5, 0.6) is 0 Å². The summed E-state index contributed by atoms with van der Waals surface area (Å²) in [6.07, 6.45) is 0. The fourth-order valence-corrected chi connectivity index (χ4v) is 3.14. The highest BCUT2D eigenvalue weighted by Crippen LogP contribution is 2.24. The Bertz CT molecular complexity index is 898. The first-order valence-electron chi connectivity index (χ1n) is 9.37. The summed E-state index contributed by atoms with van der Waals surface area (Å²) in [6, 6.07) is 26.4. The summed E-state index contributed by atoms with van der Waals surface area (Å²) in [5.41, 5.74) is 3.48. The quantitative estimate of drug-likeness (QED) is 0.640. The van der Waals surface area contributed by atoms with Gasteiger partial charge in [-0.05, 0) is 28.7 Å². The predicted molar refractivity (Wildman–Crippen MR) is 112 cm³/mol. The van der Waals surface area contributed by atoms with Crippen molar-refractivity contribution in [1.29, 1.82) is 0 Å². The van der Waals surface area contributed by atoms with E-state index in [0.717, 1.165) is 16.7 Å². The highest BCUT2D eigenvalue weighted by molar-refractivity contribution is 6.39. The Balaban J connectivity index is 1.80. The maximum Gasteiger partial charge on any atom is 0.313 e. The van der Waals surface area contributed by atoms with Gasteiger partial charge in [-0.2, -0.15) is 0 Å². The molecule has 4 nitrogen and oxygen atoms in total. The highest BCUT2D eigenvalue weighted by Gasteiger charge is 2.22. The molecule has 0 saturated carbocycles. The largest absolute Gasteiger partial charge is 0.337 e. The van der Waals surface area contributed by atoms with Gasteiger partial charge >= 0.3 is 11.8 Å². The van der Waals surface area contributed by atoms with Crippen LogP contribution in [0, 0.1) is 0 Å². The molecule has 4 heteroatoms. The molecule has 2 N–H and O–H groups in total. The minimum absolute atomic E-state index is 0.237. The zero-order chi connectivity index (χ0) is 19.9. The maximum absolute atomic E-state index is 12.7. The van der Waals surface area contributed by atoms with Gasteiger partial charge in [0.1, 0.15) is 0 Å². The summed E-state index contributed by atoms with van der Waals surface area (Å²) >= 11 is 0. The van der Waals surface area contributed by atoms with Crippen molar-refractivity contribution in [3.8, 4) is 0 Å². The average Bonchev–Trinajstić information content (AvgIpc) is 2.73. The van der Waals surface area contributed by atoms with Crippen LogP contribution in [-0.2, 0) is 9.59 Å². The van der Waals surface area contributed by atoms with Crippen LogP contribution >= 0.6 is 0 Å². The fourth-order valence-electron chi connectivity index (χ4n) is 3.14. The van der Waals surface area contributed by atoms with Crippen LogP contribution in [0.4, 0.5) is 5.69 Å². The van der Waals surface area contributed by atoms with Crippen molar-refractivity contribution in [2.24, 2.45) is 0 Å². The molecule has 2 amide bonds. The number of amides is 2. The summed E-state index contributed by atoms with van der Waals surface area (Å²) in [4.78, 5) is 25.2. The summed E-state index contributed by atoms with van der Waals surface area (Å²) in [7, 11) is 0. The lowest BCUT2D eigenvalue weighted by molar-refractivity contribution is -0.136. The van der Waals surface area contributed by atoms with Crippen molar-refractivity contribution in [3.05, 3.63) is 102 Å². The van der Waals surface area contributed by atoms with Gasteiger partial charge in [0.05, 0.1) is 6.04 Å². The first-order valence-corrected chi connectivity index (χ1v) is 9.37. The van der Waals surface area contributed by atoms with Gasteiger partial charge < -0.3 is 10.6 Å². The second-order valence-corrected chi connectivity index (χ2v) is 6.92. The monoisotopic (exact) mass is 372 g/mol. The molecule has 0 atom stereocenters. The van der Waals surface area contributed by atoms with E-state index in [1.54, 1.807) is 0 Å². The second-order valence-electron chi connectivity index (χ2n) is 6.92. The molecule has 3 rings (SSSR count). The average molecular weight is 372 g/mol. The van der Waals surface area contributed by atoms with Crippen molar-refractivity contribution in [2.75, 3.05) is 5.32 Å². The zero-order valence-corrected chi connectivity index (χ0v) is 16.1. The summed E-state index contributed by atoms with van der Waals surface area (Å²) in [5.74, 6) is -1.11. The molecule has 0 fully saturated rings. The number of anilines is 1. The van der Waals surface area contributed by atoms with Gasteiger partial charge in [0.25, 0.3) is 0 Å². The molecule has 28 heavy (non-hydrogen) atoms. The second kappa shape index (κ2) is 9.00. The van der Waals surface area contributed by atoms with Gasteiger partial charge in [-0.15, -0.1) is 0 Å². The summed E-state index contributed by atoms with van der Waals surface area (Å²) < 4.78 is 0. The van der Waals surface area contributed by atoms with Crippen molar-refractivity contribution in [1.82, 2.24) is 5.32 Å². The first kappa shape index (κ1) is 19.4. The van der Waals surface area contributed by atoms with Gasteiger partial charge in [0.2, 0.25) is 0 Å². The molecule has 0 heterocycles. The van der Waals surface area contributed by atoms with E-state index in [1.807, 2.05) is 98.8 Å². The number of nitrogens with one attached hydrogen (secondary N) is 2. The van der Waals surface area contributed by atoms with Crippen molar-refractivity contribution < 1.29 is 9.59 Å². The standard InChI is InChI=1S/C24H24N2O2/c1-17(2)20-15-9-10-16-21(20)25-23(27)24(28)26-22(18-11-5-3-6-12-18)19-13-7-4-8-14-19/h3-17,22H,1-2H3,(H,25,27)(H,26,28). The molecular weight excluding hydrogens is 348 g/mol. The first-order chi connectivity index (χ1) is 13.6. The van der Waals surface area contributed by atoms with Gasteiger partial charge in [-0.1, -0.05) is 92.7 Å². The van der Waals surface area contributed by atoms with Gasteiger partial charge in [0, 0.05) is 5.69 Å². The third kappa shape index (κ3) is 4.65. The van der Waals surface area contributed by atoms with E-state index in [1.165, 1.54) is 0 Å². The van der Waals surface area contributed by atoms with E-state index in [-0.39, 0.29) is 5.92 Å². The zero-order valence-electron chi connectivity index (χ0n) is 16.1. The smallest absolute Gasteiger partial charge is 0.313 e. The highest BCUT2D eigenvalue weighted by atomic mass is 16.2. The number of rotatable bonds is 5. The molecule has 3 aromatic carbocycles. The number of hydrogen-bond donors (Lipinski definition) is 2. The Labute approximate surface area is 165 Å². The predicted octanol–water partition coefficient (Wildman–Crippen LogP) is 4.65. The lowest BCUT2D eigenvalue weighted by Crippen LogP contribution is -2.38. The molecule has 0 aliphatic heterocycles. The Hall–Kier alpha value is -3.40. The normalized spacial score (nSPS) is 10.7. The molecule has 3 aromatic rings. The van der Waals surface area contributed by atoms with E-state index in [4.69, 9.17) is 0 Å².